The summed E-state index contributed by atoms with van der Waals surface area (Å²) in [5, 5.41) is 13.7. The number of hydrogen-bond donors (Lipinski definition) is 2. The van der Waals surface area contributed by atoms with Crippen LogP contribution in [-0.4, -0.2) is 17.2 Å². The second-order valence-corrected chi connectivity index (χ2v) is 6.62. The summed E-state index contributed by atoms with van der Waals surface area (Å²) in [6, 6.07) is 6.76. The van der Waals surface area contributed by atoms with E-state index in [4.69, 9.17) is 0 Å². The number of halogens is 4. The zero-order valence-electron chi connectivity index (χ0n) is 10.8. The van der Waals surface area contributed by atoms with Gasteiger partial charge in [-0.15, -0.1) is 0 Å². The van der Waals surface area contributed by atoms with Crippen LogP contribution in [0.5, 0.6) is 5.75 Å². The van der Waals surface area contributed by atoms with Gasteiger partial charge in [0.1, 0.15) is 11.6 Å². The number of benzene rings is 2. The highest BCUT2D eigenvalue weighted by Crippen LogP contribution is 2.38. The molecule has 0 aliphatic heterocycles. The average Bonchev–Trinajstić information content (AvgIpc) is 2.49. The molecule has 0 heterocycles. The largest absolute Gasteiger partial charge is 0.506 e. The Hall–Kier alpha value is -1.25. The average molecular weight is 495 g/mol. The maximum absolute atomic E-state index is 12.8. The van der Waals surface area contributed by atoms with E-state index in [9.17, 15) is 14.3 Å². The number of hydrazone groups is 1. The van der Waals surface area contributed by atoms with Crippen molar-refractivity contribution in [3.63, 3.8) is 0 Å². The molecule has 0 saturated carbocycles. The fourth-order valence-corrected chi connectivity index (χ4v) is 3.86. The molecule has 22 heavy (non-hydrogen) atoms. The number of phenols is 1. The number of hydrogen-bond acceptors (Lipinski definition) is 3. The number of carbonyl (C=O) groups excluding carboxylic acids is 1. The second-order valence-electron chi connectivity index (χ2n) is 4.12. The lowest BCUT2D eigenvalue weighted by Gasteiger charge is -2.06. The van der Waals surface area contributed by atoms with E-state index in [0.717, 1.165) is 0 Å². The fourth-order valence-electron chi connectivity index (χ4n) is 1.53. The van der Waals surface area contributed by atoms with Crippen LogP contribution in [-0.2, 0) is 0 Å². The normalized spacial score (nSPS) is 10.9. The molecule has 0 aromatic heterocycles. The SMILES string of the molecule is O=C(N/N=C/c1c(Br)cc(Br)c(O)c1Br)c1ccc(F)cc1. The van der Waals surface area contributed by atoms with E-state index in [0.29, 0.717) is 19.0 Å². The molecule has 0 aliphatic carbocycles. The molecule has 0 radical (unpaired) electrons. The Morgan fingerprint density at radius 2 is 1.82 bits per heavy atom. The van der Waals surface area contributed by atoms with Crippen molar-refractivity contribution in [2.24, 2.45) is 5.10 Å². The first-order valence-corrected chi connectivity index (χ1v) is 8.23. The molecule has 0 fully saturated rings. The van der Waals surface area contributed by atoms with Crippen LogP contribution in [0.1, 0.15) is 15.9 Å². The minimum absolute atomic E-state index is 0.0227. The number of nitrogens with one attached hydrogen (secondary N) is 1. The number of phenolic OH excluding ortho intramolecular Hbond substituents is 1. The Kier molecular flexibility index (Phi) is 5.71. The topological polar surface area (TPSA) is 61.7 Å². The maximum atomic E-state index is 12.8. The van der Waals surface area contributed by atoms with Gasteiger partial charge in [0.05, 0.1) is 15.2 Å². The molecule has 2 rings (SSSR count). The van der Waals surface area contributed by atoms with Crippen LogP contribution in [0.3, 0.4) is 0 Å². The summed E-state index contributed by atoms with van der Waals surface area (Å²) in [7, 11) is 0. The molecular formula is C14H8Br3FN2O2. The minimum Gasteiger partial charge on any atom is -0.506 e. The van der Waals surface area contributed by atoms with Crippen LogP contribution in [0, 0.1) is 5.82 Å². The van der Waals surface area contributed by atoms with E-state index in [1.807, 2.05) is 0 Å². The van der Waals surface area contributed by atoms with Gasteiger partial charge in [0.15, 0.2) is 0 Å². The van der Waals surface area contributed by atoms with E-state index in [-0.39, 0.29) is 11.3 Å². The lowest BCUT2D eigenvalue weighted by molar-refractivity contribution is 0.0955. The van der Waals surface area contributed by atoms with Crippen molar-refractivity contribution in [1.29, 1.82) is 0 Å². The smallest absolute Gasteiger partial charge is 0.271 e. The number of nitrogens with zero attached hydrogens (tertiary/aromatic N) is 1. The minimum atomic E-state index is -0.468. The standard InChI is InChI=1S/C14H8Br3FN2O2/c15-10-5-11(16)13(21)12(17)9(10)6-19-20-14(22)7-1-3-8(18)4-2-7/h1-6,21H,(H,20,22)/b19-6+. The Morgan fingerprint density at radius 1 is 1.18 bits per heavy atom. The first kappa shape index (κ1) is 17.1. The van der Waals surface area contributed by atoms with E-state index < -0.39 is 11.7 Å². The molecule has 2 aromatic carbocycles. The summed E-state index contributed by atoms with van der Waals surface area (Å²) in [6.45, 7) is 0. The zero-order chi connectivity index (χ0) is 16.3. The van der Waals surface area contributed by atoms with Crippen LogP contribution in [0.15, 0.2) is 48.9 Å². The highest BCUT2D eigenvalue weighted by atomic mass is 79.9. The predicted molar refractivity (Wildman–Crippen MR) is 92.7 cm³/mol. The molecule has 0 bridgehead atoms. The van der Waals surface area contributed by atoms with Gasteiger partial charge in [0.2, 0.25) is 0 Å². The van der Waals surface area contributed by atoms with E-state index in [1.165, 1.54) is 30.5 Å². The Bertz CT molecular complexity index is 749. The molecule has 2 aromatic rings. The molecular weight excluding hydrogens is 487 g/mol. The molecule has 0 aliphatic rings. The predicted octanol–water partition coefficient (Wildman–Crippen LogP) is 4.58. The summed E-state index contributed by atoms with van der Waals surface area (Å²) < 4.78 is 14.4. The van der Waals surface area contributed by atoms with Crippen LogP contribution in [0.2, 0.25) is 0 Å². The third-order valence-electron chi connectivity index (χ3n) is 2.65. The van der Waals surface area contributed by atoms with E-state index >= 15 is 0 Å². The molecule has 0 atom stereocenters. The first-order chi connectivity index (χ1) is 10.4. The lowest BCUT2D eigenvalue weighted by atomic mass is 10.2. The van der Waals surface area contributed by atoms with Gasteiger partial charge in [-0.25, -0.2) is 9.82 Å². The van der Waals surface area contributed by atoms with Crippen LogP contribution in [0.25, 0.3) is 0 Å². The Balaban J connectivity index is 2.15. The lowest BCUT2D eigenvalue weighted by Crippen LogP contribution is -2.17. The van der Waals surface area contributed by atoms with Gasteiger partial charge >= 0.3 is 0 Å². The molecule has 1 amide bonds. The van der Waals surface area contributed by atoms with Gasteiger partial charge in [-0.3, -0.25) is 4.79 Å². The van der Waals surface area contributed by atoms with Gasteiger partial charge in [-0.05, 0) is 62.2 Å². The summed E-state index contributed by atoms with van der Waals surface area (Å²) in [6.07, 6.45) is 1.38. The Labute approximate surface area is 150 Å². The number of rotatable bonds is 3. The molecule has 4 nitrogen and oxygen atoms in total. The zero-order valence-corrected chi connectivity index (χ0v) is 15.5. The highest BCUT2D eigenvalue weighted by molar-refractivity contribution is 9.11. The maximum Gasteiger partial charge on any atom is 0.271 e. The monoisotopic (exact) mass is 492 g/mol. The third-order valence-corrected chi connectivity index (χ3v) is 4.71. The van der Waals surface area contributed by atoms with Gasteiger partial charge in [0, 0.05) is 15.6 Å². The summed E-state index contributed by atoms with van der Waals surface area (Å²) in [4.78, 5) is 11.8. The fraction of sp³-hybridized carbons (Fsp3) is 0. The summed E-state index contributed by atoms with van der Waals surface area (Å²) in [5.74, 6) is -0.863. The number of aromatic hydroxyl groups is 1. The second kappa shape index (κ2) is 7.34. The first-order valence-electron chi connectivity index (χ1n) is 5.85. The van der Waals surface area contributed by atoms with Crippen LogP contribution in [0.4, 0.5) is 4.39 Å². The summed E-state index contributed by atoms with van der Waals surface area (Å²) >= 11 is 9.79. The Morgan fingerprint density at radius 3 is 2.45 bits per heavy atom. The van der Waals surface area contributed by atoms with Crippen molar-refractivity contribution in [3.05, 3.63) is 60.7 Å². The molecule has 2 N–H and O–H groups in total. The highest BCUT2D eigenvalue weighted by Gasteiger charge is 2.12. The van der Waals surface area contributed by atoms with E-state index in [2.05, 4.69) is 58.3 Å². The van der Waals surface area contributed by atoms with E-state index in [1.54, 1.807) is 6.07 Å². The number of amides is 1. The van der Waals surface area contributed by atoms with Crippen LogP contribution >= 0.6 is 47.8 Å². The quantitative estimate of drug-likeness (QED) is 0.484. The van der Waals surface area contributed by atoms with Crippen molar-refractivity contribution in [3.8, 4) is 5.75 Å². The molecule has 8 heteroatoms. The third kappa shape index (κ3) is 3.93. The molecule has 0 unspecified atom stereocenters. The molecule has 0 saturated heterocycles. The van der Waals surface area contributed by atoms with Gasteiger partial charge < -0.3 is 5.11 Å². The van der Waals surface area contributed by atoms with Gasteiger partial charge in [-0.2, -0.15) is 5.10 Å². The molecule has 114 valence electrons. The van der Waals surface area contributed by atoms with Gasteiger partial charge in [0.25, 0.3) is 5.91 Å². The molecule has 0 spiro atoms. The van der Waals surface area contributed by atoms with Crippen LogP contribution < -0.4 is 5.43 Å². The van der Waals surface area contributed by atoms with Gasteiger partial charge in [-0.1, -0.05) is 15.9 Å². The van der Waals surface area contributed by atoms with Crippen molar-refractivity contribution in [2.45, 2.75) is 0 Å². The van der Waals surface area contributed by atoms with Crippen molar-refractivity contribution in [1.82, 2.24) is 5.43 Å². The van der Waals surface area contributed by atoms with Crippen molar-refractivity contribution < 1.29 is 14.3 Å². The number of carbonyl (C=O) groups is 1. The van der Waals surface area contributed by atoms with Crippen molar-refractivity contribution in [2.75, 3.05) is 0 Å². The summed E-state index contributed by atoms with van der Waals surface area (Å²) in [5.41, 5.74) is 3.17. The van der Waals surface area contributed by atoms with Crippen molar-refractivity contribution >= 4 is 59.9 Å².